The maximum Gasteiger partial charge on any atom is 0.358 e. The molecule has 2 amide bonds. The van der Waals surface area contributed by atoms with Crippen molar-refractivity contribution < 1.29 is 19.1 Å². The Morgan fingerprint density at radius 2 is 1.16 bits per heavy atom. The molecule has 4 rings (SSSR count). The summed E-state index contributed by atoms with van der Waals surface area (Å²) in [7, 11) is 0. The molecule has 6 heteroatoms. The predicted molar refractivity (Wildman–Crippen MR) is 92.8 cm³/mol. The van der Waals surface area contributed by atoms with Crippen LogP contribution in [0.25, 0.3) is 0 Å². The summed E-state index contributed by atoms with van der Waals surface area (Å²) in [6.45, 7) is 11.7. The van der Waals surface area contributed by atoms with Gasteiger partial charge in [0.05, 0.1) is 11.4 Å². The van der Waals surface area contributed by atoms with E-state index in [1.807, 2.05) is 65.8 Å². The molecule has 0 aromatic heterocycles. The molecule has 6 nitrogen and oxygen atoms in total. The molecule has 3 heterocycles. The molecule has 0 bridgehead atoms. The number of fused-ring (bicyclic) bond motifs is 3. The Morgan fingerprint density at radius 1 is 0.800 bits per heavy atom. The number of ether oxygens (including phenoxy) is 2. The SMILES string of the molecule is CC(C)(C)[C@H]1OC23O[C@H](C(C)(C)C)C(=O)N2c2ccccc2N3C1=O. The number of rotatable bonds is 0. The van der Waals surface area contributed by atoms with Crippen LogP contribution in [-0.2, 0) is 19.1 Å². The van der Waals surface area contributed by atoms with Crippen LogP contribution >= 0.6 is 0 Å². The van der Waals surface area contributed by atoms with Gasteiger partial charge in [-0.3, -0.25) is 9.59 Å². The van der Waals surface area contributed by atoms with E-state index in [1.165, 1.54) is 9.80 Å². The van der Waals surface area contributed by atoms with Crippen LogP contribution < -0.4 is 9.80 Å². The van der Waals surface area contributed by atoms with E-state index in [-0.39, 0.29) is 11.8 Å². The van der Waals surface area contributed by atoms with E-state index in [1.54, 1.807) is 0 Å². The van der Waals surface area contributed by atoms with Crippen molar-refractivity contribution in [2.45, 2.75) is 59.8 Å². The topological polar surface area (TPSA) is 59.1 Å². The van der Waals surface area contributed by atoms with Crippen molar-refractivity contribution in [1.82, 2.24) is 0 Å². The number of nitrogens with zero attached hydrogens (tertiary/aromatic N) is 2. The zero-order valence-electron chi connectivity index (χ0n) is 15.5. The first kappa shape index (κ1) is 16.5. The smallest absolute Gasteiger partial charge is 0.300 e. The number of carbonyl (C=O) groups is 2. The average Bonchev–Trinajstić information content (AvgIpc) is 3.03. The van der Waals surface area contributed by atoms with Gasteiger partial charge in [-0.25, -0.2) is 9.80 Å². The number of amides is 2. The molecule has 0 radical (unpaired) electrons. The molecule has 2 atom stereocenters. The number of hydrogen-bond acceptors (Lipinski definition) is 4. The van der Waals surface area contributed by atoms with Crippen molar-refractivity contribution in [3.63, 3.8) is 0 Å². The van der Waals surface area contributed by atoms with Crippen molar-refractivity contribution in [3.05, 3.63) is 24.3 Å². The third kappa shape index (κ3) is 1.98. The lowest BCUT2D eigenvalue weighted by atomic mass is 9.88. The van der Waals surface area contributed by atoms with E-state index < -0.39 is 29.1 Å². The Bertz CT molecular complexity index is 709. The summed E-state index contributed by atoms with van der Waals surface area (Å²) < 4.78 is 12.4. The van der Waals surface area contributed by atoms with Crippen LogP contribution in [0.5, 0.6) is 0 Å². The first-order valence-electron chi connectivity index (χ1n) is 8.61. The van der Waals surface area contributed by atoms with Gasteiger partial charge in [0.1, 0.15) is 12.2 Å². The molecule has 0 N–H and O–H groups in total. The molecular weight excluding hydrogens is 320 g/mol. The number of benzene rings is 1. The Morgan fingerprint density at radius 3 is 1.48 bits per heavy atom. The maximum absolute atomic E-state index is 13.2. The minimum absolute atomic E-state index is 0.176. The molecule has 0 unspecified atom stereocenters. The fourth-order valence-electron chi connectivity index (χ4n) is 3.74. The van der Waals surface area contributed by atoms with Crippen molar-refractivity contribution in [3.8, 4) is 0 Å². The quantitative estimate of drug-likeness (QED) is 0.726. The zero-order valence-corrected chi connectivity index (χ0v) is 15.5. The third-order valence-electron chi connectivity index (χ3n) is 4.93. The van der Waals surface area contributed by atoms with Crippen molar-refractivity contribution in [1.29, 1.82) is 0 Å². The van der Waals surface area contributed by atoms with E-state index in [0.29, 0.717) is 11.4 Å². The second-order valence-corrected chi connectivity index (χ2v) is 9.11. The van der Waals surface area contributed by atoms with E-state index in [4.69, 9.17) is 9.47 Å². The lowest BCUT2D eigenvalue weighted by Crippen LogP contribution is -2.53. The molecule has 2 fully saturated rings. The van der Waals surface area contributed by atoms with Crippen LogP contribution in [0.2, 0.25) is 0 Å². The maximum atomic E-state index is 13.2. The highest BCUT2D eigenvalue weighted by Crippen LogP contribution is 2.56. The lowest BCUT2D eigenvalue weighted by Gasteiger charge is -2.31. The van der Waals surface area contributed by atoms with Gasteiger partial charge in [0.2, 0.25) is 0 Å². The molecule has 3 aliphatic rings. The zero-order chi connectivity index (χ0) is 18.4. The molecular formula is C19H24N2O4. The van der Waals surface area contributed by atoms with Crippen LogP contribution in [-0.4, -0.2) is 30.1 Å². The van der Waals surface area contributed by atoms with Gasteiger partial charge in [0.15, 0.2) is 0 Å². The average molecular weight is 344 g/mol. The molecule has 1 aromatic rings. The minimum Gasteiger partial charge on any atom is -0.300 e. The van der Waals surface area contributed by atoms with Crippen molar-refractivity contribution in [2.24, 2.45) is 10.8 Å². The predicted octanol–water partition coefficient (Wildman–Crippen LogP) is 2.87. The molecule has 0 saturated carbocycles. The summed E-state index contributed by atoms with van der Waals surface area (Å²) in [5, 5.41) is 0. The second-order valence-electron chi connectivity index (χ2n) is 9.11. The van der Waals surface area contributed by atoms with Crippen molar-refractivity contribution in [2.75, 3.05) is 9.80 Å². The van der Waals surface area contributed by atoms with Crippen LogP contribution in [0, 0.1) is 10.8 Å². The first-order chi connectivity index (χ1) is 11.5. The van der Waals surface area contributed by atoms with Crippen LogP contribution in [0.4, 0.5) is 11.4 Å². The highest BCUT2D eigenvalue weighted by atomic mass is 16.8. The van der Waals surface area contributed by atoms with Gasteiger partial charge in [0.25, 0.3) is 11.8 Å². The molecule has 25 heavy (non-hydrogen) atoms. The van der Waals surface area contributed by atoms with E-state index in [2.05, 4.69) is 0 Å². The highest BCUT2D eigenvalue weighted by Gasteiger charge is 2.72. The Labute approximate surface area is 147 Å². The van der Waals surface area contributed by atoms with Crippen LogP contribution in [0.1, 0.15) is 41.5 Å². The second kappa shape index (κ2) is 4.62. The minimum atomic E-state index is -1.51. The molecule has 0 aliphatic carbocycles. The van der Waals surface area contributed by atoms with Gasteiger partial charge in [-0.2, -0.15) is 0 Å². The Hall–Kier alpha value is -1.92. The standard InChI is InChI=1S/C19H24N2O4/c1-17(2,3)13-15(22)20-11-9-7-8-10-12(11)21-16(23)14(18(4,5)6)25-19(20,21)24-13/h7-10,13-14H,1-6H3/t13-,14-,19?/m0/s1. The molecule has 1 spiro atoms. The van der Waals surface area contributed by atoms with Crippen LogP contribution in [0.15, 0.2) is 24.3 Å². The van der Waals surface area contributed by atoms with Gasteiger partial charge in [0, 0.05) is 0 Å². The van der Waals surface area contributed by atoms with Gasteiger partial charge < -0.3 is 9.47 Å². The third-order valence-corrected chi connectivity index (χ3v) is 4.93. The summed E-state index contributed by atoms with van der Waals surface area (Å²) in [6.07, 6.45) is -1.37. The van der Waals surface area contributed by atoms with E-state index >= 15 is 0 Å². The van der Waals surface area contributed by atoms with E-state index in [9.17, 15) is 9.59 Å². The summed E-state index contributed by atoms with van der Waals surface area (Å²) in [6, 6.07) is 5.83. The summed E-state index contributed by atoms with van der Waals surface area (Å²) >= 11 is 0. The molecule has 134 valence electrons. The number of para-hydroxylation sites is 2. The van der Waals surface area contributed by atoms with Crippen molar-refractivity contribution >= 4 is 23.2 Å². The number of hydrogen-bond donors (Lipinski definition) is 0. The fraction of sp³-hybridized carbons (Fsp3) is 0.579. The fourth-order valence-corrected chi connectivity index (χ4v) is 3.74. The molecule has 2 saturated heterocycles. The highest BCUT2D eigenvalue weighted by molar-refractivity contribution is 6.14. The lowest BCUT2D eigenvalue weighted by molar-refractivity contribution is -0.233. The molecule has 1 aromatic carbocycles. The van der Waals surface area contributed by atoms with Gasteiger partial charge in [-0.1, -0.05) is 53.7 Å². The van der Waals surface area contributed by atoms with Crippen LogP contribution in [0.3, 0.4) is 0 Å². The van der Waals surface area contributed by atoms with Gasteiger partial charge in [-0.05, 0) is 23.0 Å². The molecule has 3 aliphatic heterocycles. The summed E-state index contributed by atoms with van der Waals surface area (Å²) in [4.78, 5) is 29.4. The normalized spacial score (nSPS) is 27.6. The van der Waals surface area contributed by atoms with Gasteiger partial charge in [-0.15, -0.1) is 0 Å². The monoisotopic (exact) mass is 344 g/mol. The first-order valence-corrected chi connectivity index (χ1v) is 8.61. The number of carbonyl (C=O) groups excluding carboxylic acids is 2. The van der Waals surface area contributed by atoms with E-state index in [0.717, 1.165) is 0 Å². The number of anilines is 2. The Kier molecular flexibility index (Phi) is 3.06. The summed E-state index contributed by atoms with van der Waals surface area (Å²) in [5.74, 6) is -0.352. The largest absolute Gasteiger partial charge is 0.358 e. The summed E-state index contributed by atoms with van der Waals surface area (Å²) in [5.41, 5.74) is 0.478. The Balaban J connectivity index is 1.90. The van der Waals surface area contributed by atoms with Gasteiger partial charge >= 0.3 is 6.03 Å².